The van der Waals surface area contributed by atoms with E-state index in [1.54, 1.807) is 6.20 Å². The number of rotatable bonds is 1. The van der Waals surface area contributed by atoms with Crippen LogP contribution >= 0.6 is 23.5 Å². The predicted octanol–water partition coefficient (Wildman–Crippen LogP) is 1.58. The lowest BCUT2D eigenvalue weighted by molar-refractivity contribution is 0.572. The van der Waals surface area contributed by atoms with Crippen LogP contribution < -0.4 is 0 Å². The maximum Gasteiger partial charge on any atom is 0.182 e. The van der Waals surface area contributed by atoms with Gasteiger partial charge in [-0.2, -0.15) is 5.26 Å². The van der Waals surface area contributed by atoms with Crippen molar-refractivity contribution in [3.8, 4) is 6.07 Å². The number of aliphatic imine (C=N–C) groups is 1. The fourth-order valence-electron chi connectivity index (χ4n) is 0.657. The van der Waals surface area contributed by atoms with Gasteiger partial charge < -0.3 is 0 Å². The molecule has 0 aromatic carbocycles. The van der Waals surface area contributed by atoms with Crippen LogP contribution in [0.15, 0.2) is 16.8 Å². The zero-order valence-electron chi connectivity index (χ0n) is 5.86. The third kappa shape index (κ3) is 1.88. The van der Waals surface area contributed by atoms with E-state index in [1.807, 2.05) is 12.3 Å². The number of hydrogen-bond acceptors (Lipinski definition) is 4. The molecule has 11 heavy (non-hydrogen) atoms. The van der Waals surface area contributed by atoms with Gasteiger partial charge in [0.25, 0.3) is 0 Å². The van der Waals surface area contributed by atoms with Gasteiger partial charge >= 0.3 is 0 Å². The molecule has 58 valence electrons. The minimum atomic E-state index is -0.103. The van der Waals surface area contributed by atoms with E-state index in [0.717, 1.165) is 0 Å². The van der Waals surface area contributed by atoms with Crippen LogP contribution in [0, 0.1) is 11.3 Å². The summed E-state index contributed by atoms with van der Waals surface area (Å²) < 4.78 is 1.39. The minimum absolute atomic E-state index is 0.103. The molecule has 1 unspecified atom stereocenters. The first kappa shape index (κ1) is 8.44. The van der Waals surface area contributed by atoms with Gasteiger partial charge in [-0.1, -0.05) is 0 Å². The van der Waals surface area contributed by atoms with Gasteiger partial charge in [-0.3, -0.25) is 9.41 Å². The molecule has 1 aliphatic rings. The van der Waals surface area contributed by atoms with Crippen molar-refractivity contribution in [2.24, 2.45) is 4.99 Å². The Kier molecular flexibility index (Phi) is 2.80. The fraction of sp³-hybridized carbons (Fsp3) is 0.333. The molecule has 1 rings (SSSR count). The van der Waals surface area contributed by atoms with E-state index in [0.29, 0.717) is 5.57 Å². The second-order valence-corrected chi connectivity index (χ2v) is 3.16. The Hall–Kier alpha value is -0.660. The number of halogens is 1. The molecule has 0 N–H and O–H groups in total. The molecular weight excluding hydrogens is 182 g/mol. The number of allylic oxidation sites excluding steroid dienone is 1. The third-order valence-corrected chi connectivity index (χ3v) is 2.32. The molecule has 0 bridgehead atoms. The summed E-state index contributed by atoms with van der Waals surface area (Å²) in [5.41, 5.74) is 0.374. The van der Waals surface area contributed by atoms with Gasteiger partial charge in [-0.05, 0) is 6.26 Å². The predicted molar refractivity (Wildman–Crippen MR) is 47.2 cm³/mol. The molecule has 5 heteroatoms. The van der Waals surface area contributed by atoms with Crippen LogP contribution in [0.1, 0.15) is 0 Å². The van der Waals surface area contributed by atoms with Crippen molar-refractivity contribution in [1.82, 2.24) is 4.42 Å². The Bertz CT molecular complexity index is 243. The van der Waals surface area contributed by atoms with Crippen molar-refractivity contribution in [2.45, 2.75) is 5.50 Å². The first-order chi connectivity index (χ1) is 5.27. The van der Waals surface area contributed by atoms with Crippen molar-refractivity contribution < 1.29 is 0 Å². The zero-order valence-corrected chi connectivity index (χ0v) is 7.43. The summed E-state index contributed by atoms with van der Waals surface area (Å²) in [7, 11) is 0. The van der Waals surface area contributed by atoms with Crippen molar-refractivity contribution in [3.63, 3.8) is 0 Å². The van der Waals surface area contributed by atoms with Crippen LogP contribution in [-0.2, 0) is 0 Å². The molecular formula is C6H6ClN3S. The van der Waals surface area contributed by atoms with E-state index in [4.69, 9.17) is 17.0 Å². The molecule has 0 fully saturated rings. The summed E-state index contributed by atoms with van der Waals surface area (Å²) in [5, 5.41) is 8.47. The second kappa shape index (κ2) is 3.65. The normalized spacial score (nSPS) is 22.8. The molecule has 0 aromatic rings. The molecule has 0 aliphatic carbocycles. The van der Waals surface area contributed by atoms with Crippen LogP contribution in [0.25, 0.3) is 0 Å². The SMILES string of the molecule is CSC1N=CC(C#N)=CN1Cl. The van der Waals surface area contributed by atoms with Gasteiger partial charge in [0, 0.05) is 24.2 Å². The zero-order chi connectivity index (χ0) is 8.27. The Balaban J connectivity index is 2.73. The molecule has 0 radical (unpaired) electrons. The average Bonchev–Trinajstić information content (AvgIpc) is 2.04. The van der Waals surface area contributed by atoms with Crippen LogP contribution in [0.2, 0.25) is 0 Å². The number of nitriles is 1. The molecule has 0 saturated carbocycles. The van der Waals surface area contributed by atoms with E-state index in [2.05, 4.69) is 4.99 Å². The van der Waals surface area contributed by atoms with E-state index >= 15 is 0 Å². The Morgan fingerprint density at radius 1 is 1.91 bits per heavy atom. The lowest BCUT2D eigenvalue weighted by Gasteiger charge is -2.20. The lowest BCUT2D eigenvalue weighted by atomic mass is 10.3. The Morgan fingerprint density at radius 3 is 3.09 bits per heavy atom. The topological polar surface area (TPSA) is 39.4 Å². The van der Waals surface area contributed by atoms with Crippen LogP contribution in [0.5, 0.6) is 0 Å². The quantitative estimate of drug-likeness (QED) is 0.586. The van der Waals surface area contributed by atoms with Crippen LogP contribution in [0.3, 0.4) is 0 Å². The van der Waals surface area contributed by atoms with E-state index < -0.39 is 0 Å². The number of hydrogen-bond donors (Lipinski definition) is 0. The minimum Gasteiger partial charge on any atom is -0.258 e. The van der Waals surface area contributed by atoms with Gasteiger partial charge in [-0.15, -0.1) is 11.8 Å². The first-order valence-electron chi connectivity index (χ1n) is 2.90. The molecule has 0 spiro atoms. The molecule has 3 nitrogen and oxygen atoms in total. The summed E-state index contributed by atoms with van der Waals surface area (Å²) in [6.07, 6.45) is 5.00. The van der Waals surface area contributed by atoms with Gasteiger partial charge in [-0.25, -0.2) is 0 Å². The van der Waals surface area contributed by atoms with E-state index in [9.17, 15) is 0 Å². The number of nitrogens with zero attached hydrogens (tertiary/aromatic N) is 3. The molecule has 1 aliphatic heterocycles. The monoisotopic (exact) mass is 187 g/mol. The Morgan fingerprint density at radius 2 is 2.64 bits per heavy atom. The molecule has 0 saturated heterocycles. The van der Waals surface area contributed by atoms with Gasteiger partial charge in [0.15, 0.2) is 5.50 Å². The molecule has 0 amide bonds. The average molecular weight is 188 g/mol. The van der Waals surface area contributed by atoms with E-state index in [-0.39, 0.29) is 5.50 Å². The lowest BCUT2D eigenvalue weighted by Crippen LogP contribution is -2.20. The second-order valence-electron chi connectivity index (χ2n) is 1.88. The smallest absolute Gasteiger partial charge is 0.182 e. The van der Waals surface area contributed by atoms with Crippen molar-refractivity contribution in [1.29, 1.82) is 5.26 Å². The maximum absolute atomic E-state index is 8.47. The third-order valence-electron chi connectivity index (χ3n) is 1.15. The van der Waals surface area contributed by atoms with Crippen molar-refractivity contribution in [2.75, 3.05) is 6.26 Å². The van der Waals surface area contributed by atoms with Gasteiger partial charge in [0.1, 0.15) is 6.07 Å². The standard InChI is InChI=1S/C6H6ClN3S/c1-11-6-9-3-5(2-8)4-10(6)7/h3-4,6H,1H3. The van der Waals surface area contributed by atoms with E-state index in [1.165, 1.54) is 22.4 Å². The van der Waals surface area contributed by atoms with Gasteiger partial charge in [0.05, 0.1) is 5.57 Å². The molecule has 1 heterocycles. The fourth-order valence-corrected chi connectivity index (χ4v) is 1.50. The highest BCUT2D eigenvalue weighted by molar-refractivity contribution is 7.99. The van der Waals surface area contributed by atoms with Gasteiger partial charge in [0.2, 0.25) is 0 Å². The summed E-state index contributed by atoms with van der Waals surface area (Å²) in [4.78, 5) is 4.02. The summed E-state index contributed by atoms with van der Waals surface area (Å²) >= 11 is 7.24. The Labute approximate surface area is 74.5 Å². The van der Waals surface area contributed by atoms with Crippen LogP contribution in [-0.4, -0.2) is 22.4 Å². The van der Waals surface area contributed by atoms with Crippen LogP contribution in [0.4, 0.5) is 0 Å². The highest BCUT2D eigenvalue weighted by Crippen LogP contribution is 2.20. The molecule has 1 atom stereocenters. The highest BCUT2D eigenvalue weighted by atomic mass is 35.5. The largest absolute Gasteiger partial charge is 0.258 e. The maximum atomic E-state index is 8.47. The number of thioether (sulfide) groups is 1. The summed E-state index contributed by atoms with van der Waals surface area (Å²) in [5.74, 6) is 0. The van der Waals surface area contributed by atoms with Crippen molar-refractivity contribution >= 4 is 29.8 Å². The van der Waals surface area contributed by atoms with Crippen molar-refractivity contribution in [3.05, 3.63) is 11.8 Å². The summed E-state index contributed by atoms with van der Waals surface area (Å²) in [6, 6.07) is 1.96. The summed E-state index contributed by atoms with van der Waals surface area (Å²) in [6.45, 7) is 0. The molecule has 0 aromatic heterocycles. The first-order valence-corrected chi connectivity index (χ1v) is 4.52. The highest BCUT2D eigenvalue weighted by Gasteiger charge is 2.14.